The van der Waals surface area contributed by atoms with Crippen molar-refractivity contribution in [3.8, 4) is 0 Å². The van der Waals surface area contributed by atoms with Crippen molar-refractivity contribution < 1.29 is 19.5 Å². The Morgan fingerprint density at radius 2 is 2.00 bits per heavy atom. The number of hydrogen-bond acceptors (Lipinski definition) is 4. The fraction of sp³-hybridized carbons (Fsp3) is 0.438. The van der Waals surface area contributed by atoms with Crippen molar-refractivity contribution in [1.29, 1.82) is 0 Å². The second-order valence-electron chi connectivity index (χ2n) is 6.34. The predicted octanol–water partition coefficient (Wildman–Crippen LogP) is 1.62. The van der Waals surface area contributed by atoms with Crippen LogP contribution in [0.2, 0.25) is 0 Å². The molecule has 0 saturated carbocycles. The van der Waals surface area contributed by atoms with Crippen molar-refractivity contribution in [3.63, 3.8) is 0 Å². The summed E-state index contributed by atoms with van der Waals surface area (Å²) in [5.41, 5.74) is 1.53. The topological polar surface area (TPSA) is 86.7 Å². The second-order valence-corrected chi connectivity index (χ2v) is 8.08. The Kier molecular flexibility index (Phi) is 3.63. The molecular formula is C16H18N2O4S. The van der Waals surface area contributed by atoms with Crippen molar-refractivity contribution in [2.75, 3.05) is 0 Å². The largest absolute Gasteiger partial charge is 0.480 e. The first kappa shape index (κ1) is 15.9. The number of thioether (sulfide) groups is 1. The molecule has 2 amide bonds. The van der Waals surface area contributed by atoms with Gasteiger partial charge in [0, 0.05) is 10.3 Å². The summed E-state index contributed by atoms with van der Waals surface area (Å²) in [5, 5.41) is 11.3. The zero-order chi connectivity index (χ0) is 16.9. The highest BCUT2D eigenvalue weighted by molar-refractivity contribution is 8.01. The molecule has 1 unspecified atom stereocenters. The maximum absolute atomic E-state index is 12.7. The number of fused-ring (bicyclic) bond motifs is 3. The number of rotatable bonds is 3. The number of aliphatic carboxylic acids is 1. The molecule has 1 fully saturated rings. The van der Waals surface area contributed by atoms with E-state index >= 15 is 0 Å². The molecule has 0 radical (unpaired) electrons. The Hall–Kier alpha value is -2.02. The maximum atomic E-state index is 12.7. The third-order valence-electron chi connectivity index (χ3n) is 4.27. The first-order valence-corrected chi connectivity index (χ1v) is 8.24. The number of amides is 2. The van der Waals surface area contributed by atoms with Crippen molar-refractivity contribution >= 4 is 29.5 Å². The summed E-state index contributed by atoms with van der Waals surface area (Å²) in [6, 6.07) is 5.64. The number of hydrogen-bond donors (Lipinski definition) is 2. The Bertz CT molecular complexity index is 703. The molecule has 6 nitrogen and oxygen atoms in total. The Labute approximate surface area is 138 Å². The van der Waals surface area contributed by atoms with Gasteiger partial charge in [-0.1, -0.05) is 18.2 Å². The van der Waals surface area contributed by atoms with Gasteiger partial charge in [0.05, 0.1) is 0 Å². The predicted molar refractivity (Wildman–Crippen MR) is 86.1 cm³/mol. The second kappa shape index (κ2) is 5.26. The third-order valence-corrected chi connectivity index (χ3v) is 5.81. The highest BCUT2D eigenvalue weighted by Gasteiger charge is 2.57. The molecule has 23 heavy (non-hydrogen) atoms. The number of benzene rings is 1. The van der Waals surface area contributed by atoms with E-state index in [4.69, 9.17) is 5.11 Å². The summed E-state index contributed by atoms with van der Waals surface area (Å²) in [4.78, 5) is 37.9. The molecule has 0 aliphatic carbocycles. The highest BCUT2D eigenvalue weighted by atomic mass is 32.2. The van der Waals surface area contributed by atoms with E-state index in [-0.39, 0.29) is 11.3 Å². The molecule has 0 bridgehead atoms. The van der Waals surface area contributed by atoms with E-state index in [1.807, 2.05) is 26.0 Å². The smallest absolute Gasteiger partial charge is 0.325 e. The lowest BCUT2D eigenvalue weighted by atomic mass is 10.0. The number of nitrogens with one attached hydrogen (secondary N) is 1. The van der Waals surface area contributed by atoms with Gasteiger partial charge in [0.25, 0.3) is 5.91 Å². The summed E-state index contributed by atoms with van der Waals surface area (Å²) in [7, 11) is 0. The van der Waals surface area contributed by atoms with Crippen molar-refractivity contribution in [3.05, 3.63) is 35.4 Å². The molecule has 1 aromatic carbocycles. The number of nitrogens with zero attached hydrogens (tertiary/aromatic N) is 1. The average Bonchev–Trinajstić information content (AvgIpc) is 2.90. The Balaban J connectivity index is 1.94. The van der Waals surface area contributed by atoms with Crippen LogP contribution in [0.1, 0.15) is 42.1 Å². The molecule has 2 aliphatic heterocycles. The van der Waals surface area contributed by atoms with Crippen LogP contribution in [0.25, 0.3) is 0 Å². The van der Waals surface area contributed by atoms with Crippen LogP contribution in [-0.2, 0) is 9.59 Å². The monoisotopic (exact) mass is 334 g/mol. The number of carboxylic acid groups (broad SMARTS) is 1. The van der Waals surface area contributed by atoms with Crippen LogP contribution in [0, 0.1) is 0 Å². The molecular weight excluding hydrogens is 316 g/mol. The highest BCUT2D eigenvalue weighted by Crippen LogP contribution is 2.56. The molecule has 1 aromatic rings. The first-order chi connectivity index (χ1) is 10.7. The Morgan fingerprint density at radius 1 is 1.35 bits per heavy atom. The van der Waals surface area contributed by atoms with Gasteiger partial charge in [0.1, 0.15) is 17.5 Å². The summed E-state index contributed by atoms with van der Waals surface area (Å²) < 4.78 is -0.504. The molecule has 0 spiro atoms. The van der Waals surface area contributed by atoms with E-state index in [1.54, 1.807) is 28.8 Å². The molecule has 2 heterocycles. The van der Waals surface area contributed by atoms with E-state index in [2.05, 4.69) is 5.32 Å². The molecule has 3 atom stereocenters. The van der Waals surface area contributed by atoms with Gasteiger partial charge < -0.3 is 15.3 Å². The normalized spacial score (nSPS) is 25.7. The zero-order valence-corrected chi connectivity index (χ0v) is 13.9. The maximum Gasteiger partial charge on any atom is 0.325 e. The van der Waals surface area contributed by atoms with Crippen LogP contribution in [0.15, 0.2) is 24.3 Å². The Morgan fingerprint density at radius 3 is 2.65 bits per heavy atom. The van der Waals surface area contributed by atoms with Crippen molar-refractivity contribution in [2.24, 2.45) is 0 Å². The van der Waals surface area contributed by atoms with E-state index in [9.17, 15) is 14.4 Å². The van der Waals surface area contributed by atoms with Gasteiger partial charge in [-0.05, 0) is 32.4 Å². The lowest BCUT2D eigenvalue weighted by Gasteiger charge is -2.30. The lowest BCUT2D eigenvalue weighted by Crippen LogP contribution is -2.55. The summed E-state index contributed by atoms with van der Waals surface area (Å²) in [5.74, 6) is -1.71. The van der Waals surface area contributed by atoms with E-state index in [0.29, 0.717) is 5.56 Å². The summed E-state index contributed by atoms with van der Waals surface area (Å²) >= 11 is 1.55. The van der Waals surface area contributed by atoms with E-state index < -0.39 is 28.7 Å². The minimum absolute atomic E-state index is 0.174. The zero-order valence-electron chi connectivity index (χ0n) is 13.1. The fourth-order valence-electron chi connectivity index (χ4n) is 3.16. The molecule has 1 saturated heterocycles. The molecule has 2 aliphatic rings. The van der Waals surface area contributed by atoms with Crippen LogP contribution in [0.4, 0.5) is 0 Å². The van der Waals surface area contributed by atoms with Crippen LogP contribution in [0.3, 0.4) is 0 Å². The molecule has 7 heteroatoms. The van der Waals surface area contributed by atoms with Gasteiger partial charge in [-0.25, -0.2) is 0 Å². The van der Waals surface area contributed by atoms with Gasteiger partial charge in [-0.2, -0.15) is 0 Å². The van der Waals surface area contributed by atoms with Gasteiger partial charge in [0.2, 0.25) is 5.91 Å². The standard InChI is InChI=1S/C16H18N2O4S/c1-8(15(21)22)17-12(19)11-16(2,3)23-14-10-7-5-4-6-9(10)13(20)18(11)14/h4-8,11,14H,1-3H3,(H,17,19)(H,21,22)/t8-,11+,14?/m0/s1. The van der Waals surface area contributed by atoms with Crippen molar-refractivity contribution in [2.45, 2.75) is 43.0 Å². The van der Waals surface area contributed by atoms with Crippen molar-refractivity contribution in [1.82, 2.24) is 10.2 Å². The van der Waals surface area contributed by atoms with E-state index in [1.165, 1.54) is 6.92 Å². The van der Waals surface area contributed by atoms with Crippen LogP contribution >= 0.6 is 11.8 Å². The molecule has 122 valence electrons. The average molecular weight is 334 g/mol. The van der Waals surface area contributed by atoms with Gasteiger partial charge in [-0.3, -0.25) is 14.4 Å². The molecule has 2 N–H and O–H groups in total. The van der Waals surface area contributed by atoms with Gasteiger partial charge in [-0.15, -0.1) is 11.8 Å². The minimum Gasteiger partial charge on any atom is -0.480 e. The molecule has 3 rings (SSSR count). The number of carbonyl (C=O) groups excluding carboxylic acids is 2. The van der Waals surface area contributed by atoms with Crippen LogP contribution < -0.4 is 5.32 Å². The number of carbonyl (C=O) groups is 3. The quantitative estimate of drug-likeness (QED) is 0.877. The van der Waals surface area contributed by atoms with Gasteiger partial charge >= 0.3 is 5.97 Å². The van der Waals surface area contributed by atoms with Crippen LogP contribution in [-0.4, -0.2) is 44.6 Å². The van der Waals surface area contributed by atoms with Gasteiger partial charge in [0.15, 0.2) is 0 Å². The summed E-state index contributed by atoms with van der Waals surface area (Å²) in [6.45, 7) is 5.22. The molecule has 0 aromatic heterocycles. The number of carboxylic acids is 1. The third kappa shape index (κ3) is 2.39. The summed E-state index contributed by atoms with van der Waals surface area (Å²) in [6.07, 6.45) is 0. The SMILES string of the molecule is C[C@H](NC(=O)[C@H]1N2C(=O)c3ccccc3C2SC1(C)C)C(=O)O. The first-order valence-electron chi connectivity index (χ1n) is 7.36. The van der Waals surface area contributed by atoms with E-state index in [0.717, 1.165) is 5.56 Å². The lowest BCUT2D eigenvalue weighted by molar-refractivity contribution is -0.142. The van der Waals surface area contributed by atoms with Crippen LogP contribution in [0.5, 0.6) is 0 Å². The minimum atomic E-state index is -1.10. The fourth-order valence-corrected chi connectivity index (χ4v) is 4.75.